The number of hydrogen-bond acceptors (Lipinski definition) is 2. The lowest BCUT2D eigenvalue weighted by Crippen LogP contribution is -2.18. The predicted molar refractivity (Wildman–Crippen MR) is 69.9 cm³/mol. The van der Waals surface area contributed by atoms with Gasteiger partial charge in [0.05, 0.1) is 12.3 Å². The van der Waals surface area contributed by atoms with Gasteiger partial charge in [0.15, 0.2) is 0 Å². The van der Waals surface area contributed by atoms with Crippen LogP contribution < -0.4 is 5.32 Å². The van der Waals surface area contributed by atoms with Gasteiger partial charge in [0, 0.05) is 6.54 Å². The summed E-state index contributed by atoms with van der Waals surface area (Å²) in [4.78, 5) is 0. The summed E-state index contributed by atoms with van der Waals surface area (Å²) < 4.78 is 5.38. The molecule has 1 atom stereocenters. The van der Waals surface area contributed by atoms with Crippen molar-refractivity contribution in [3.05, 3.63) is 59.0 Å². The molecular formula is C15H19NO. The molecule has 0 saturated heterocycles. The molecule has 0 aliphatic carbocycles. The molecule has 2 nitrogen and oxygen atoms in total. The zero-order valence-corrected chi connectivity index (χ0v) is 10.7. The number of rotatable bonds is 4. The third-order valence-electron chi connectivity index (χ3n) is 3.29. The molecule has 1 N–H and O–H groups in total. The van der Waals surface area contributed by atoms with Crippen LogP contribution in [0.25, 0.3) is 0 Å². The minimum Gasteiger partial charge on any atom is -0.468 e. The Morgan fingerprint density at radius 2 is 2.00 bits per heavy atom. The highest BCUT2D eigenvalue weighted by atomic mass is 16.3. The SMILES string of the molecule is Cc1cccc(CNC(C)c2ccco2)c1C. The van der Waals surface area contributed by atoms with Gasteiger partial charge in [0.25, 0.3) is 0 Å². The zero-order chi connectivity index (χ0) is 12.3. The lowest BCUT2D eigenvalue weighted by Gasteiger charge is -2.13. The van der Waals surface area contributed by atoms with Crippen molar-refractivity contribution in [1.82, 2.24) is 5.32 Å². The Labute approximate surface area is 103 Å². The summed E-state index contributed by atoms with van der Waals surface area (Å²) in [5.74, 6) is 0.982. The lowest BCUT2D eigenvalue weighted by molar-refractivity contribution is 0.430. The van der Waals surface area contributed by atoms with E-state index in [0.717, 1.165) is 12.3 Å². The van der Waals surface area contributed by atoms with Gasteiger partial charge in [-0.2, -0.15) is 0 Å². The van der Waals surface area contributed by atoms with Crippen LogP contribution in [0.15, 0.2) is 41.0 Å². The maximum atomic E-state index is 5.38. The minimum atomic E-state index is 0.241. The van der Waals surface area contributed by atoms with E-state index >= 15 is 0 Å². The molecule has 0 aliphatic rings. The van der Waals surface area contributed by atoms with Crippen LogP contribution in [0.3, 0.4) is 0 Å². The molecule has 90 valence electrons. The number of hydrogen-bond donors (Lipinski definition) is 1. The Kier molecular flexibility index (Phi) is 3.64. The van der Waals surface area contributed by atoms with Gasteiger partial charge < -0.3 is 9.73 Å². The van der Waals surface area contributed by atoms with Crippen LogP contribution in [0.1, 0.15) is 35.4 Å². The van der Waals surface area contributed by atoms with Gasteiger partial charge in [0.2, 0.25) is 0 Å². The molecule has 0 spiro atoms. The van der Waals surface area contributed by atoms with Crippen LogP contribution in [-0.4, -0.2) is 0 Å². The molecule has 0 bridgehead atoms. The smallest absolute Gasteiger partial charge is 0.120 e. The molecule has 2 heteroatoms. The molecule has 17 heavy (non-hydrogen) atoms. The third kappa shape index (κ3) is 2.77. The van der Waals surface area contributed by atoms with E-state index in [1.165, 1.54) is 16.7 Å². The van der Waals surface area contributed by atoms with Crippen molar-refractivity contribution >= 4 is 0 Å². The van der Waals surface area contributed by atoms with Gasteiger partial charge in [-0.3, -0.25) is 0 Å². The summed E-state index contributed by atoms with van der Waals surface area (Å²) in [6, 6.07) is 10.6. The van der Waals surface area contributed by atoms with Gasteiger partial charge in [-0.15, -0.1) is 0 Å². The lowest BCUT2D eigenvalue weighted by atomic mass is 10.0. The van der Waals surface area contributed by atoms with E-state index in [9.17, 15) is 0 Å². The van der Waals surface area contributed by atoms with Crippen LogP contribution >= 0.6 is 0 Å². The first-order valence-corrected chi connectivity index (χ1v) is 6.00. The van der Waals surface area contributed by atoms with E-state index in [0.29, 0.717) is 0 Å². The fourth-order valence-corrected chi connectivity index (χ4v) is 1.90. The van der Waals surface area contributed by atoms with E-state index in [-0.39, 0.29) is 6.04 Å². The molecule has 0 amide bonds. The molecule has 0 aliphatic heterocycles. The summed E-state index contributed by atoms with van der Waals surface area (Å²) in [5.41, 5.74) is 4.06. The first-order chi connectivity index (χ1) is 8.18. The molecule has 0 saturated carbocycles. The summed E-state index contributed by atoms with van der Waals surface area (Å²) in [6.07, 6.45) is 1.71. The first-order valence-electron chi connectivity index (χ1n) is 6.00. The summed E-state index contributed by atoms with van der Waals surface area (Å²) in [6.45, 7) is 7.30. The van der Waals surface area contributed by atoms with E-state index in [4.69, 9.17) is 4.42 Å². The van der Waals surface area contributed by atoms with E-state index in [1.54, 1.807) is 6.26 Å². The maximum absolute atomic E-state index is 5.38. The van der Waals surface area contributed by atoms with Gasteiger partial charge in [0.1, 0.15) is 5.76 Å². The first kappa shape index (κ1) is 11.9. The van der Waals surface area contributed by atoms with E-state index < -0.39 is 0 Å². The van der Waals surface area contributed by atoms with Crippen LogP contribution in [0, 0.1) is 13.8 Å². The fraction of sp³-hybridized carbons (Fsp3) is 0.333. The molecule has 0 radical (unpaired) electrons. The van der Waals surface area contributed by atoms with Crippen molar-refractivity contribution in [2.45, 2.75) is 33.4 Å². The maximum Gasteiger partial charge on any atom is 0.120 e. The van der Waals surface area contributed by atoms with Crippen LogP contribution in [0.4, 0.5) is 0 Å². The van der Waals surface area contributed by atoms with Gasteiger partial charge in [-0.05, 0) is 49.6 Å². The second-order valence-electron chi connectivity index (χ2n) is 4.48. The van der Waals surface area contributed by atoms with Crippen molar-refractivity contribution in [1.29, 1.82) is 0 Å². The van der Waals surface area contributed by atoms with Crippen LogP contribution in [0.2, 0.25) is 0 Å². The summed E-state index contributed by atoms with van der Waals surface area (Å²) in [7, 11) is 0. The van der Waals surface area contributed by atoms with E-state index in [1.807, 2.05) is 12.1 Å². The van der Waals surface area contributed by atoms with Crippen molar-refractivity contribution in [2.24, 2.45) is 0 Å². The number of aryl methyl sites for hydroxylation is 1. The van der Waals surface area contributed by atoms with Gasteiger partial charge in [-0.25, -0.2) is 0 Å². The van der Waals surface area contributed by atoms with Crippen molar-refractivity contribution in [3.63, 3.8) is 0 Å². The summed E-state index contributed by atoms with van der Waals surface area (Å²) >= 11 is 0. The molecule has 0 fully saturated rings. The van der Waals surface area contributed by atoms with Crippen molar-refractivity contribution in [2.75, 3.05) is 0 Å². The van der Waals surface area contributed by atoms with Crippen molar-refractivity contribution in [3.8, 4) is 0 Å². The van der Waals surface area contributed by atoms with Crippen molar-refractivity contribution < 1.29 is 4.42 Å². The topological polar surface area (TPSA) is 25.2 Å². The second kappa shape index (κ2) is 5.19. The molecule has 1 aromatic carbocycles. The molecule has 1 unspecified atom stereocenters. The number of nitrogens with one attached hydrogen (secondary N) is 1. The average Bonchev–Trinajstić information content (AvgIpc) is 2.84. The van der Waals surface area contributed by atoms with Gasteiger partial charge in [-0.1, -0.05) is 18.2 Å². The monoisotopic (exact) mass is 229 g/mol. The minimum absolute atomic E-state index is 0.241. The number of benzene rings is 1. The highest BCUT2D eigenvalue weighted by molar-refractivity contribution is 5.33. The quantitative estimate of drug-likeness (QED) is 0.863. The largest absolute Gasteiger partial charge is 0.468 e. The molecule has 1 heterocycles. The highest BCUT2D eigenvalue weighted by Crippen LogP contribution is 2.16. The van der Waals surface area contributed by atoms with E-state index in [2.05, 4.69) is 44.3 Å². The Bertz CT molecular complexity index is 474. The standard InChI is InChI=1S/C15H19NO/c1-11-6-4-7-14(12(11)2)10-16-13(3)15-8-5-9-17-15/h4-9,13,16H,10H2,1-3H3. The Hall–Kier alpha value is -1.54. The number of furan rings is 1. The molecule has 1 aromatic heterocycles. The fourth-order valence-electron chi connectivity index (χ4n) is 1.90. The normalized spacial score (nSPS) is 12.6. The average molecular weight is 229 g/mol. The Balaban J connectivity index is 2.00. The van der Waals surface area contributed by atoms with Gasteiger partial charge >= 0.3 is 0 Å². The van der Waals surface area contributed by atoms with Crippen LogP contribution in [0.5, 0.6) is 0 Å². The molecular weight excluding hydrogens is 210 g/mol. The zero-order valence-electron chi connectivity index (χ0n) is 10.7. The van der Waals surface area contributed by atoms with Crippen LogP contribution in [-0.2, 0) is 6.54 Å². The third-order valence-corrected chi connectivity index (χ3v) is 3.29. The molecule has 2 aromatic rings. The summed E-state index contributed by atoms with van der Waals surface area (Å²) in [5, 5.41) is 3.48. The molecule has 2 rings (SSSR count). The Morgan fingerprint density at radius 3 is 2.71 bits per heavy atom. The highest BCUT2D eigenvalue weighted by Gasteiger charge is 2.08. The predicted octanol–water partition coefficient (Wildman–Crippen LogP) is 3.75. The second-order valence-corrected chi connectivity index (χ2v) is 4.48. The Morgan fingerprint density at radius 1 is 1.18 bits per heavy atom.